The summed E-state index contributed by atoms with van der Waals surface area (Å²) in [7, 11) is 0. The van der Waals surface area contributed by atoms with Gasteiger partial charge in [0.2, 0.25) is 0 Å². The number of anilines is 1. The maximum absolute atomic E-state index is 12.8. The van der Waals surface area contributed by atoms with E-state index in [2.05, 4.69) is 10.6 Å². The molecule has 0 heterocycles. The van der Waals surface area contributed by atoms with E-state index in [1.54, 1.807) is 0 Å². The highest BCUT2D eigenvalue weighted by molar-refractivity contribution is 7.80. The number of carboxylic acids is 1. The summed E-state index contributed by atoms with van der Waals surface area (Å²) in [5.41, 5.74) is 0.476. The molecule has 0 fully saturated rings. The zero-order chi connectivity index (χ0) is 17.0. The third-order valence-corrected chi connectivity index (χ3v) is 3.30. The van der Waals surface area contributed by atoms with Crippen LogP contribution < -0.4 is 15.7 Å². The van der Waals surface area contributed by atoms with Crippen molar-refractivity contribution in [2.45, 2.75) is 0 Å². The molecule has 2 aromatic rings. The molecule has 0 saturated heterocycles. The van der Waals surface area contributed by atoms with Gasteiger partial charge in [0.25, 0.3) is 5.91 Å². The van der Waals surface area contributed by atoms with Crippen LogP contribution >= 0.6 is 23.8 Å². The van der Waals surface area contributed by atoms with Gasteiger partial charge in [-0.2, -0.15) is 0 Å². The van der Waals surface area contributed by atoms with E-state index in [4.69, 9.17) is 23.8 Å². The van der Waals surface area contributed by atoms with Crippen LogP contribution in [0.25, 0.3) is 0 Å². The molecule has 0 aliphatic carbocycles. The molecule has 0 aromatic heterocycles. The molecule has 23 heavy (non-hydrogen) atoms. The van der Waals surface area contributed by atoms with Crippen LogP contribution in [0.3, 0.4) is 0 Å². The quantitative estimate of drug-likeness (QED) is 0.826. The van der Waals surface area contributed by atoms with Gasteiger partial charge >= 0.3 is 0 Å². The molecule has 5 nitrogen and oxygen atoms in total. The molecule has 1 amide bonds. The number of amides is 1. The molecule has 0 saturated carbocycles. The summed E-state index contributed by atoms with van der Waals surface area (Å²) in [6, 6.07) is 8.96. The number of benzene rings is 2. The van der Waals surface area contributed by atoms with Crippen molar-refractivity contribution in [3.8, 4) is 0 Å². The minimum absolute atomic E-state index is 0.0170. The van der Waals surface area contributed by atoms with Gasteiger partial charge in [0, 0.05) is 16.8 Å². The largest absolute Gasteiger partial charge is 0.545 e. The maximum atomic E-state index is 12.8. The van der Waals surface area contributed by atoms with Crippen LogP contribution in [0.1, 0.15) is 20.7 Å². The van der Waals surface area contributed by atoms with Crippen LogP contribution in [0.15, 0.2) is 42.5 Å². The van der Waals surface area contributed by atoms with E-state index in [1.807, 2.05) is 0 Å². The first-order chi connectivity index (χ1) is 10.9. The highest BCUT2D eigenvalue weighted by atomic mass is 35.5. The normalized spacial score (nSPS) is 10.0. The minimum atomic E-state index is -1.39. The Kier molecular flexibility index (Phi) is 5.25. The smallest absolute Gasteiger partial charge is 0.257 e. The van der Waals surface area contributed by atoms with Gasteiger partial charge in [-0.1, -0.05) is 11.6 Å². The molecule has 0 spiro atoms. The lowest BCUT2D eigenvalue weighted by atomic mass is 10.2. The first kappa shape index (κ1) is 16.9. The van der Waals surface area contributed by atoms with Crippen molar-refractivity contribution in [1.82, 2.24) is 5.32 Å². The fourth-order valence-corrected chi connectivity index (χ4v) is 2.17. The predicted molar refractivity (Wildman–Crippen MR) is 85.9 cm³/mol. The maximum Gasteiger partial charge on any atom is 0.257 e. The lowest BCUT2D eigenvalue weighted by Crippen LogP contribution is -2.34. The van der Waals surface area contributed by atoms with E-state index in [0.717, 1.165) is 12.1 Å². The Hall–Kier alpha value is -2.51. The summed E-state index contributed by atoms with van der Waals surface area (Å²) in [5.74, 6) is -2.36. The van der Waals surface area contributed by atoms with Gasteiger partial charge in [-0.05, 0) is 54.7 Å². The fraction of sp³-hybridized carbons (Fsp3) is 0. The predicted octanol–water partition coefficient (Wildman–Crippen LogP) is 1.97. The summed E-state index contributed by atoms with van der Waals surface area (Å²) in [6.45, 7) is 0. The number of rotatable bonds is 3. The average molecular weight is 352 g/mol. The average Bonchev–Trinajstić information content (AvgIpc) is 2.47. The van der Waals surface area contributed by atoms with Crippen LogP contribution in [-0.2, 0) is 0 Å². The zero-order valence-corrected chi connectivity index (χ0v) is 13.0. The molecule has 8 heteroatoms. The Morgan fingerprint density at radius 2 is 1.78 bits per heavy atom. The molecule has 0 radical (unpaired) electrons. The van der Waals surface area contributed by atoms with E-state index in [1.165, 1.54) is 30.3 Å². The molecule has 0 unspecified atom stereocenters. The highest BCUT2D eigenvalue weighted by Gasteiger charge is 2.09. The number of hydrogen-bond acceptors (Lipinski definition) is 4. The summed E-state index contributed by atoms with van der Waals surface area (Å²) < 4.78 is 12.8. The van der Waals surface area contributed by atoms with Gasteiger partial charge in [0.15, 0.2) is 5.11 Å². The molecule has 118 valence electrons. The number of carbonyl (C=O) groups is 2. The Bertz CT molecular complexity index is 781. The first-order valence-electron chi connectivity index (χ1n) is 6.25. The lowest BCUT2D eigenvalue weighted by molar-refractivity contribution is -0.255. The van der Waals surface area contributed by atoms with Crippen molar-refractivity contribution >= 4 is 46.5 Å². The number of nitrogens with one attached hydrogen (secondary N) is 2. The molecule has 2 aromatic carbocycles. The van der Waals surface area contributed by atoms with Crippen molar-refractivity contribution < 1.29 is 19.1 Å². The van der Waals surface area contributed by atoms with Crippen LogP contribution in [0.2, 0.25) is 5.02 Å². The lowest BCUT2D eigenvalue weighted by Gasteiger charge is -2.11. The molecule has 0 atom stereocenters. The van der Waals surface area contributed by atoms with E-state index in [9.17, 15) is 19.1 Å². The molecular formula is C15H9ClFN2O3S-. The van der Waals surface area contributed by atoms with Crippen molar-refractivity contribution in [3.05, 3.63) is 64.4 Å². The standard InChI is InChI=1S/C15H10ClFN2O3S/c16-12-7-10(5-6-11(12)14(21)22)18-15(23)19-13(20)8-1-3-9(17)4-2-8/h1-7H,(H,21,22)(H2,18,19,20,23)/p-1. The number of carbonyl (C=O) groups excluding carboxylic acids is 2. The van der Waals surface area contributed by atoms with Gasteiger partial charge in [0.1, 0.15) is 5.82 Å². The SMILES string of the molecule is O=C(NC(=S)Nc1ccc(C(=O)[O-])c(Cl)c1)c1ccc(F)cc1. The minimum Gasteiger partial charge on any atom is -0.545 e. The van der Waals surface area contributed by atoms with Crippen molar-refractivity contribution in [1.29, 1.82) is 0 Å². The second-order valence-corrected chi connectivity index (χ2v) is 5.21. The molecule has 2 N–H and O–H groups in total. The Morgan fingerprint density at radius 3 is 2.35 bits per heavy atom. The van der Waals surface area contributed by atoms with Crippen LogP contribution in [0, 0.1) is 5.82 Å². The monoisotopic (exact) mass is 351 g/mol. The van der Waals surface area contributed by atoms with E-state index >= 15 is 0 Å². The number of hydrogen-bond donors (Lipinski definition) is 2. The molecular weight excluding hydrogens is 343 g/mol. The summed E-state index contributed by atoms with van der Waals surface area (Å²) in [5, 5.41) is 15.8. The first-order valence-corrected chi connectivity index (χ1v) is 7.04. The molecule has 0 aliphatic heterocycles. The summed E-state index contributed by atoms with van der Waals surface area (Å²) in [6.07, 6.45) is 0. The number of thiocarbonyl (C=S) groups is 1. The van der Waals surface area contributed by atoms with Crippen molar-refractivity contribution in [2.24, 2.45) is 0 Å². The third kappa shape index (κ3) is 4.48. The van der Waals surface area contributed by atoms with Crippen LogP contribution in [0.4, 0.5) is 10.1 Å². The van der Waals surface area contributed by atoms with E-state index in [-0.39, 0.29) is 21.3 Å². The Balaban J connectivity index is 2.02. The summed E-state index contributed by atoms with van der Waals surface area (Å²) in [4.78, 5) is 22.6. The van der Waals surface area contributed by atoms with Gasteiger partial charge in [0.05, 0.1) is 11.0 Å². The highest BCUT2D eigenvalue weighted by Crippen LogP contribution is 2.20. The van der Waals surface area contributed by atoms with Gasteiger partial charge in [-0.15, -0.1) is 0 Å². The second-order valence-electron chi connectivity index (χ2n) is 4.40. The second kappa shape index (κ2) is 7.17. The summed E-state index contributed by atoms with van der Waals surface area (Å²) >= 11 is 10.8. The molecule has 2 rings (SSSR count). The topological polar surface area (TPSA) is 81.3 Å². The number of carboxylic acid groups (broad SMARTS) is 1. The van der Waals surface area contributed by atoms with E-state index < -0.39 is 17.7 Å². The molecule has 0 aliphatic rings. The molecule has 0 bridgehead atoms. The number of halogens is 2. The van der Waals surface area contributed by atoms with Crippen molar-refractivity contribution in [3.63, 3.8) is 0 Å². The zero-order valence-electron chi connectivity index (χ0n) is 11.4. The fourth-order valence-electron chi connectivity index (χ4n) is 1.70. The third-order valence-electron chi connectivity index (χ3n) is 2.78. The van der Waals surface area contributed by atoms with Gasteiger partial charge in [-0.3, -0.25) is 10.1 Å². The van der Waals surface area contributed by atoms with Gasteiger partial charge < -0.3 is 15.2 Å². The van der Waals surface area contributed by atoms with Gasteiger partial charge in [-0.25, -0.2) is 4.39 Å². The van der Waals surface area contributed by atoms with E-state index in [0.29, 0.717) is 5.69 Å². The number of aromatic carboxylic acids is 1. The van der Waals surface area contributed by atoms with Crippen LogP contribution in [0.5, 0.6) is 0 Å². The van der Waals surface area contributed by atoms with Crippen LogP contribution in [-0.4, -0.2) is 17.0 Å². The Morgan fingerprint density at radius 1 is 1.13 bits per heavy atom. The Labute approximate surface area is 141 Å². The van der Waals surface area contributed by atoms with Crippen molar-refractivity contribution in [2.75, 3.05) is 5.32 Å².